The maximum Gasteiger partial charge on any atom is 0.331 e. The number of hydrogen-bond acceptors (Lipinski definition) is 5. The lowest BCUT2D eigenvalue weighted by Crippen LogP contribution is -2.61. The summed E-state index contributed by atoms with van der Waals surface area (Å²) in [7, 11) is 0. The van der Waals surface area contributed by atoms with E-state index in [2.05, 4.69) is 36.3 Å². The largest absolute Gasteiger partial charge is 0.478 e. The number of nitrogens with one attached hydrogen (secondary N) is 2. The van der Waals surface area contributed by atoms with E-state index in [1.807, 2.05) is 0 Å². The Morgan fingerprint density at radius 3 is 2.56 bits per heavy atom. The van der Waals surface area contributed by atoms with Crippen LogP contribution < -0.4 is 16.4 Å². The number of carboxylic acids is 1. The van der Waals surface area contributed by atoms with Gasteiger partial charge in [0.15, 0.2) is 0 Å². The van der Waals surface area contributed by atoms with Crippen molar-refractivity contribution in [1.29, 1.82) is 0 Å². The van der Waals surface area contributed by atoms with E-state index >= 15 is 0 Å². The number of amides is 1. The second-order valence-corrected chi connectivity index (χ2v) is 6.85. The van der Waals surface area contributed by atoms with E-state index in [1.54, 1.807) is 6.08 Å². The first-order chi connectivity index (χ1) is 11.8. The lowest BCUT2D eigenvalue weighted by Gasteiger charge is -2.37. The van der Waals surface area contributed by atoms with Gasteiger partial charge in [0.25, 0.3) is 0 Å². The van der Waals surface area contributed by atoms with Crippen LogP contribution in [0.4, 0.5) is 0 Å². The van der Waals surface area contributed by atoms with Gasteiger partial charge in [-0.15, -0.1) is 0 Å². The summed E-state index contributed by atoms with van der Waals surface area (Å²) < 4.78 is 0. The molecule has 1 unspecified atom stereocenters. The van der Waals surface area contributed by atoms with Crippen molar-refractivity contribution < 1.29 is 14.7 Å². The van der Waals surface area contributed by atoms with Crippen LogP contribution in [0.1, 0.15) is 47.0 Å². The van der Waals surface area contributed by atoms with E-state index in [0.717, 1.165) is 32.5 Å². The zero-order valence-corrected chi connectivity index (χ0v) is 15.9. The van der Waals surface area contributed by atoms with Gasteiger partial charge in [-0.3, -0.25) is 4.79 Å². The number of carbonyl (C=O) groups is 2. The van der Waals surface area contributed by atoms with Crippen molar-refractivity contribution in [1.82, 2.24) is 15.5 Å². The highest BCUT2D eigenvalue weighted by Gasteiger charge is 2.34. The molecule has 1 amide bonds. The molecule has 0 bridgehead atoms. The molecule has 1 aliphatic carbocycles. The van der Waals surface area contributed by atoms with Gasteiger partial charge in [0.2, 0.25) is 5.91 Å². The number of carbonyl (C=O) groups excluding carboxylic acids is 1. The third-order valence-corrected chi connectivity index (χ3v) is 4.81. The maximum atomic E-state index is 11.5. The summed E-state index contributed by atoms with van der Waals surface area (Å²) in [5, 5.41) is 15.6. The number of nitrogens with zero attached hydrogens (tertiary/aromatic N) is 1. The van der Waals surface area contributed by atoms with Crippen molar-refractivity contribution in [3.63, 3.8) is 0 Å². The fourth-order valence-electron chi connectivity index (χ4n) is 3.35. The Morgan fingerprint density at radius 1 is 1.40 bits per heavy atom. The van der Waals surface area contributed by atoms with Crippen molar-refractivity contribution in [2.75, 3.05) is 19.6 Å². The minimum Gasteiger partial charge on any atom is -0.478 e. The Balaban J connectivity index is 2.69. The van der Waals surface area contributed by atoms with E-state index in [9.17, 15) is 14.7 Å². The van der Waals surface area contributed by atoms with Crippen molar-refractivity contribution >= 4 is 11.9 Å². The van der Waals surface area contributed by atoms with Crippen LogP contribution in [0.3, 0.4) is 0 Å². The van der Waals surface area contributed by atoms with Crippen molar-refractivity contribution in [3.05, 3.63) is 11.6 Å². The van der Waals surface area contributed by atoms with Crippen LogP contribution in [-0.2, 0) is 9.59 Å². The first-order valence-electron chi connectivity index (χ1n) is 9.23. The average Bonchev–Trinajstić information content (AvgIpc) is 2.54. The van der Waals surface area contributed by atoms with E-state index in [1.165, 1.54) is 6.92 Å². The normalized spacial score (nSPS) is 24.7. The van der Waals surface area contributed by atoms with Gasteiger partial charge < -0.3 is 26.4 Å². The second-order valence-electron chi connectivity index (χ2n) is 6.85. The van der Waals surface area contributed by atoms with Gasteiger partial charge in [-0.1, -0.05) is 19.9 Å². The van der Waals surface area contributed by atoms with E-state index in [0.29, 0.717) is 5.57 Å². The van der Waals surface area contributed by atoms with Gasteiger partial charge in [0, 0.05) is 30.6 Å². The average molecular weight is 354 g/mol. The Hall–Kier alpha value is -1.44. The lowest BCUT2D eigenvalue weighted by molar-refractivity contribution is -0.133. The van der Waals surface area contributed by atoms with Crippen molar-refractivity contribution in [2.24, 2.45) is 5.73 Å². The molecule has 0 saturated heterocycles. The molecule has 7 heteroatoms. The molecule has 1 rings (SSSR count). The molecule has 1 aliphatic rings. The van der Waals surface area contributed by atoms with Crippen LogP contribution in [0.5, 0.6) is 0 Å². The monoisotopic (exact) mass is 354 g/mol. The van der Waals surface area contributed by atoms with E-state index < -0.39 is 12.0 Å². The fourth-order valence-corrected chi connectivity index (χ4v) is 3.35. The standard InChI is InChI=1S/C18H34N4O3/c1-5-22(6-2)9-7-8-12(3)20-16-11-14(18(24)25)10-15(19)17(16)21-13(4)23/h11-12,15-17,20H,5-10,19H2,1-4H3,(H,21,23)(H,24,25)/t12?,15-,16+,17+/m0/s1. The van der Waals surface area contributed by atoms with Crippen LogP contribution in [0.2, 0.25) is 0 Å². The third kappa shape index (κ3) is 7.13. The highest BCUT2D eigenvalue weighted by atomic mass is 16.4. The number of nitrogens with two attached hydrogens (primary N) is 1. The number of aliphatic carboxylic acids is 1. The predicted octanol–water partition coefficient (Wildman–Crippen LogP) is 0.702. The zero-order valence-electron chi connectivity index (χ0n) is 15.9. The Morgan fingerprint density at radius 2 is 2.04 bits per heavy atom. The van der Waals surface area contributed by atoms with Crippen LogP contribution >= 0.6 is 0 Å². The summed E-state index contributed by atoms with van der Waals surface area (Å²) in [5.74, 6) is -1.11. The lowest BCUT2D eigenvalue weighted by atomic mass is 9.86. The number of carboxylic acid groups (broad SMARTS) is 1. The molecule has 0 heterocycles. The molecule has 0 spiro atoms. The van der Waals surface area contributed by atoms with Crippen molar-refractivity contribution in [2.45, 2.75) is 71.1 Å². The van der Waals surface area contributed by atoms with Gasteiger partial charge in [-0.25, -0.2) is 4.79 Å². The molecule has 7 nitrogen and oxygen atoms in total. The van der Waals surface area contributed by atoms with E-state index in [-0.39, 0.29) is 30.5 Å². The molecule has 144 valence electrons. The Bertz CT molecular complexity index is 477. The summed E-state index contributed by atoms with van der Waals surface area (Å²) in [6.45, 7) is 11.0. The molecule has 0 radical (unpaired) electrons. The molecule has 0 saturated carbocycles. The van der Waals surface area contributed by atoms with Gasteiger partial charge in [-0.05, 0) is 45.8 Å². The highest BCUT2D eigenvalue weighted by molar-refractivity contribution is 5.87. The van der Waals surface area contributed by atoms with Gasteiger partial charge in [0.05, 0.1) is 6.04 Å². The first kappa shape index (κ1) is 21.6. The minimum atomic E-state index is -0.947. The highest BCUT2D eigenvalue weighted by Crippen LogP contribution is 2.19. The van der Waals surface area contributed by atoms with Crippen LogP contribution in [0.25, 0.3) is 0 Å². The number of rotatable bonds is 10. The molecule has 0 aromatic heterocycles. The molecular weight excluding hydrogens is 320 g/mol. The molecule has 25 heavy (non-hydrogen) atoms. The third-order valence-electron chi connectivity index (χ3n) is 4.81. The molecule has 0 aliphatic heterocycles. The quantitative estimate of drug-likeness (QED) is 0.460. The minimum absolute atomic E-state index is 0.159. The summed E-state index contributed by atoms with van der Waals surface area (Å²) in [4.78, 5) is 25.2. The molecule has 4 atom stereocenters. The van der Waals surface area contributed by atoms with Gasteiger partial charge in [0.1, 0.15) is 0 Å². The fraction of sp³-hybridized carbons (Fsp3) is 0.778. The molecule has 0 fully saturated rings. The van der Waals surface area contributed by atoms with Crippen LogP contribution in [-0.4, -0.2) is 65.7 Å². The molecular formula is C18H34N4O3. The van der Waals surface area contributed by atoms with Crippen LogP contribution in [0.15, 0.2) is 11.6 Å². The predicted molar refractivity (Wildman–Crippen MR) is 99.3 cm³/mol. The van der Waals surface area contributed by atoms with Crippen molar-refractivity contribution in [3.8, 4) is 0 Å². The molecule has 5 N–H and O–H groups in total. The smallest absolute Gasteiger partial charge is 0.331 e. The van der Waals surface area contributed by atoms with Gasteiger partial charge in [-0.2, -0.15) is 0 Å². The molecule has 0 aromatic rings. The SMILES string of the molecule is CCN(CC)CCCC(C)N[C@@H]1C=C(C(=O)O)C[C@H](N)[C@H]1NC(C)=O. The summed E-state index contributed by atoms with van der Waals surface area (Å²) in [6, 6.07) is -0.790. The topological polar surface area (TPSA) is 108 Å². The van der Waals surface area contributed by atoms with E-state index in [4.69, 9.17) is 5.73 Å². The first-order valence-corrected chi connectivity index (χ1v) is 9.23. The summed E-state index contributed by atoms with van der Waals surface area (Å²) in [5.41, 5.74) is 6.44. The zero-order chi connectivity index (χ0) is 19.0. The second kappa shape index (κ2) is 10.5. The molecule has 0 aromatic carbocycles. The summed E-state index contributed by atoms with van der Waals surface area (Å²) >= 11 is 0. The van der Waals surface area contributed by atoms with Crippen LogP contribution in [0, 0.1) is 0 Å². The van der Waals surface area contributed by atoms with Gasteiger partial charge >= 0.3 is 5.97 Å². The Labute approximate surface area is 151 Å². The maximum absolute atomic E-state index is 11.5. The number of hydrogen-bond donors (Lipinski definition) is 4. The Kier molecular flexibility index (Phi) is 9.10. The summed E-state index contributed by atoms with van der Waals surface area (Å²) in [6.07, 6.45) is 4.00.